The molecule has 0 aliphatic rings. The van der Waals surface area contributed by atoms with Gasteiger partial charge in [-0.1, -0.05) is 91.4 Å². The van der Waals surface area contributed by atoms with Crippen molar-refractivity contribution in [2.24, 2.45) is 0 Å². The number of hydrogen-bond donors (Lipinski definition) is 0. The van der Waals surface area contributed by atoms with Gasteiger partial charge >= 0.3 is 5.97 Å². The second kappa shape index (κ2) is 21.2. The Bertz CT molecular complexity index is 403. The van der Waals surface area contributed by atoms with Gasteiger partial charge < -0.3 is 19.1 Å². The normalized spacial score (nSPS) is 14.5. The maximum atomic E-state index is 11.8. The van der Waals surface area contributed by atoms with Crippen molar-refractivity contribution in [2.45, 2.75) is 136 Å². The Morgan fingerprint density at radius 2 is 1.19 bits per heavy atom. The highest BCUT2D eigenvalue weighted by Gasteiger charge is 2.34. The lowest BCUT2D eigenvalue weighted by molar-refractivity contribution is -0.220. The molecule has 5 heteroatoms. The summed E-state index contributed by atoms with van der Waals surface area (Å²) in [5, 5.41) is 0. The van der Waals surface area contributed by atoms with E-state index in [1.807, 2.05) is 0 Å². The minimum absolute atomic E-state index is 0.152. The minimum Gasteiger partial charge on any atom is -0.433 e. The molecule has 0 fully saturated rings. The number of likely N-dealkylation sites (N-methyl/N-ethyl adjacent to an activating group) is 1. The molecule has 3 atom stereocenters. The molecule has 0 heterocycles. The molecule has 5 nitrogen and oxygen atoms in total. The van der Waals surface area contributed by atoms with Gasteiger partial charge in [0.2, 0.25) is 6.29 Å². The predicted octanol–water partition coefficient (Wildman–Crippen LogP) is 6.73. The lowest BCUT2D eigenvalue weighted by Crippen LogP contribution is -2.50. The van der Waals surface area contributed by atoms with Crippen LogP contribution in [0.4, 0.5) is 0 Å². The number of hydrogen-bond acceptors (Lipinski definition) is 5. The van der Waals surface area contributed by atoms with Crippen LogP contribution in [-0.4, -0.2) is 56.6 Å². The van der Waals surface area contributed by atoms with E-state index in [1.165, 1.54) is 64.7 Å². The van der Waals surface area contributed by atoms with Gasteiger partial charge in [-0.25, -0.2) is 0 Å². The molecule has 0 spiro atoms. The van der Waals surface area contributed by atoms with Gasteiger partial charge in [0.1, 0.15) is 6.10 Å². The molecule has 0 aliphatic heterocycles. The molecule has 0 saturated carbocycles. The average Bonchev–Trinajstić information content (AvgIpc) is 2.72. The van der Waals surface area contributed by atoms with Crippen molar-refractivity contribution in [3.8, 4) is 0 Å². The van der Waals surface area contributed by atoms with Crippen LogP contribution in [0, 0.1) is 0 Å². The highest BCUT2D eigenvalue weighted by Crippen LogP contribution is 2.20. The topological polar surface area (TPSA) is 48.0 Å². The van der Waals surface area contributed by atoms with Crippen molar-refractivity contribution in [3.05, 3.63) is 0 Å². The van der Waals surface area contributed by atoms with Gasteiger partial charge in [0, 0.05) is 19.6 Å². The van der Waals surface area contributed by atoms with Gasteiger partial charge in [0.15, 0.2) is 0 Å². The van der Waals surface area contributed by atoms with Crippen molar-refractivity contribution < 1.29 is 19.0 Å². The molecule has 0 aromatic heterocycles. The van der Waals surface area contributed by atoms with Gasteiger partial charge in [-0.15, -0.1) is 0 Å². The van der Waals surface area contributed by atoms with Crippen molar-refractivity contribution in [3.63, 3.8) is 0 Å². The molecule has 0 amide bonds. The third kappa shape index (κ3) is 16.6. The van der Waals surface area contributed by atoms with E-state index in [0.717, 1.165) is 32.1 Å². The Hall–Kier alpha value is -0.650. The Balaban J connectivity index is 4.85. The Kier molecular flexibility index (Phi) is 20.8. The second-order valence-corrected chi connectivity index (χ2v) is 9.04. The molecular formula is C26H53NO4. The van der Waals surface area contributed by atoms with E-state index in [1.54, 1.807) is 0 Å². The number of nitrogens with zero attached hydrogens (tertiary/aromatic N) is 1. The quantitative estimate of drug-likeness (QED) is 0.105. The zero-order valence-corrected chi connectivity index (χ0v) is 21.6. The van der Waals surface area contributed by atoms with E-state index >= 15 is 0 Å². The van der Waals surface area contributed by atoms with Gasteiger partial charge in [0.25, 0.3) is 0 Å². The van der Waals surface area contributed by atoms with Gasteiger partial charge in [0.05, 0.1) is 6.61 Å². The predicted molar refractivity (Wildman–Crippen MR) is 130 cm³/mol. The van der Waals surface area contributed by atoms with Crippen LogP contribution in [0.3, 0.4) is 0 Å². The van der Waals surface area contributed by atoms with Crippen molar-refractivity contribution in [1.29, 1.82) is 0 Å². The van der Waals surface area contributed by atoms with Crippen LogP contribution >= 0.6 is 0 Å². The highest BCUT2D eigenvalue weighted by atomic mass is 16.7. The fourth-order valence-electron chi connectivity index (χ4n) is 3.93. The number of carbonyl (C=O) groups is 1. The first-order valence-corrected chi connectivity index (χ1v) is 13.0. The van der Waals surface area contributed by atoms with Crippen LogP contribution in [0.1, 0.15) is 118 Å². The summed E-state index contributed by atoms with van der Waals surface area (Å²) in [6.07, 6.45) is 15.7. The summed E-state index contributed by atoms with van der Waals surface area (Å²) in [5.41, 5.74) is 0. The van der Waals surface area contributed by atoms with E-state index < -0.39 is 6.29 Å². The zero-order chi connectivity index (χ0) is 23.3. The molecule has 0 radical (unpaired) electrons. The number of unbranched alkanes of at least 4 members (excludes halogenated alkanes) is 10. The maximum absolute atomic E-state index is 11.8. The number of carbonyl (C=O) groups excluding carboxylic acids is 1. The van der Waals surface area contributed by atoms with E-state index in [4.69, 9.17) is 14.2 Å². The first-order chi connectivity index (χ1) is 15.0. The van der Waals surface area contributed by atoms with Crippen LogP contribution in [-0.2, 0) is 19.0 Å². The average molecular weight is 444 g/mol. The number of rotatable bonds is 22. The summed E-state index contributed by atoms with van der Waals surface area (Å²) in [7, 11) is 4.14. The van der Waals surface area contributed by atoms with Crippen LogP contribution < -0.4 is 0 Å². The van der Waals surface area contributed by atoms with E-state index in [2.05, 4.69) is 39.8 Å². The molecule has 0 bridgehead atoms. The van der Waals surface area contributed by atoms with Gasteiger partial charge in [-0.05, 0) is 33.4 Å². The van der Waals surface area contributed by atoms with Crippen LogP contribution in [0.2, 0.25) is 0 Å². The largest absolute Gasteiger partial charge is 0.433 e. The third-order valence-electron chi connectivity index (χ3n) is 5.77. The fourth-order valence-corrected chi connectivity index (χ4v) is 3.93. The number of esters is 1. The standard InChI is InChI=1S/C26H53NO4/c1-7-10-12-14-16-18-21-29-25(24(20-9-3)27(5)6)26(31-23(4)28)30-22-19-17-15-13-11-8-2/h24-26H,7-22H2,1-6H3. The molecule has 31 heavy (non-hydrogen) atoms. The molecule has 0 saturated heterocycles. The summed E-state index contributed by atoms with van der Waals surface area (Å²) < 4.78 is 18.1. The van der Waals surface area contributed by atoms with Gasteiger partial charge in [-0.2, -0.15) is 0 Å². The van der Waals surface area contributed by atoms with Crippen molar-refractivity contribution >= 4 is 5.97 Å². The Morgan fingerprint density at radius 3 is 1.65 bits per heavy atom. The highest BCUT2D eigenvalue weighted by molar-refractivity contribution is 5.66. The summed E-state index contributed by atoms with van der Waals surface area (Å²) in [6, 6.07) is 0.152. The third-order valence-corrected chi connectivity index (χ3v) is 5.77. The fraction of sp³-hybridized carbons (Fsp3) is 0.962. The molecule has 0 aromatic rings. The van der Waals surface area contributed by atoms with Crippen LogP contribution in [0.25, 0.3) is 0 Å². The van der Waals surface area contributed by atoms with Crippen molar-refractivity contribution in [2.75, 3.05) is 27.3 Å². The summed E-state index contributed by atoms with van der Waals surface area (Å²) in [6.45, 7) is 9.39. The second-order valence-electron chi connectivity index (χ2n) is 9.04. The molecule has 0 aromatic carbocycles. The van der Waals surface area contributed by atoms with E-state index in [0.29, 0.717) is 13.2 Å². The Labute approximate surface area is 193 Å². The van der Waals surface area contributed by atoms with E-state index in [9.17, 15) is 4.79 Å². The number of ether oxygens (including phenoxy) is 3. The molecule has 0 N–H and O–H groups in total. The monoisotopic (exact) mass is 443 g/mol. The summed E-state index contributed by atoms with van der Waals surface area (Å²) in [5.74, 6) is -0.310. The smallest absolute Gasteiger partial charge is 0.305 e. The zero-order valence-electron chi connectivity index (χ0n) is 21.6. The molecule has 3 unspecified atom stereocenters. The summed E-state index contributed by atoms with van der Waals surface area (Å²) in [4.78, 5) is 14.0. The lowest BCUT2D eigenvalue weighted by Gasteiger charge is -2.36. The minimum atomic E-state index is -0.646. The molecule has 0 rings (SSSR count). The van der Waals surface area contributed by atoms with Gasteiger partial charge in [-0.3, -0.25) is 4.79 Å². The Morgan fingerprint density at radius 1 is 0.710 bits per heavy atom. The molecule has 0 aliphatic carbocycles. The van der Waals surface area contributed by atoms with E-state index in [-0.39, 0.29) is 18.1 Å². The maximum Gasteiger partial charge on any atom is 0.305 e. The van der Waals surface area contributed by atoms with Crippen LogP contribution in [0.15, 0.2) is 0 Å². The van der Waals surface area contributed by atoms with Crippen LogP contribution in [0.5, 0.6) is 0 Å². The molecular weight excluding hydrogens is 390 g/mol. The lowest BCUT2D eigenvalue weighted by atomic mass is 10.0. The van der Waals surface area contributed by atoms with Crippen molar-refractivity contribution in [1.82, 2.24) is 4.90 Å². The SMILES string of the molecule is CCCCCCCCOC(OC(C)=O)C(OCCCCCCCC)C(CCC)N(C)C. The molecule has 186 valence electrons. The first-order valence-electron chi connectivity index (χ1n) is 13.0. The first kappa shape index (κ1) is 30.4. The summed E-state index contributed by atoms with van der Waals surface area (Å²) >= 11 is 0.